The number of nitrogens with one attached hydrogen (secondary N) is 1. The number of hydrogen-bond donors (Lipinski definition) is 4. The summed E-state index contributed by atoms with van der Waals surface area (Å²) in [7, 11) is 0. The summed E-state index contributed by atoms with van der Waals surface area (Å²) < 4.78 is 6.24. The number of H-pyrrole nitrogens is 1. The van der Waals surface area contributed by atoms with E-state index in [4.69, 9.17) is 9.84 Å². The van der Waals surface area contributed by atoms with E-state index in [9.17, 15) is 19.8 Å². The number of rotatable bonds is 2. The topological polar surface area (TPSA) is 125 Å². The Labute approximate surface area is 101 Å². The molecule has 1 aromatic rings. The number of aromatic amines is 1. The third kappa shape index (κ3) is 2.10. The maximum absolute atomic E-state index is 11.6. The Morgan fingerprint density at radius 1 is 1.56 bits per heavy atom. The minimum atomic E-state index is -2.21. The van der Waals surface area contributed by atoms with Crippen LogP contribution >= 0.6 is 0 Å². The van der Waals surface area contributed by atoms with Gasteiger partial charge in [0.1, 0.15) is 12.3 Å². The van der Waals surface area contributed by atoms with Gasteiger partial charge in [-0.3, -0.25) is 14.3 Å². The summed E-state index contributed by atoms with van der Waals surface area (Å²) in [5.74, 6) is -2.21. The molecule has 8 heteroatoms. The van der Waals surface area contributed by atoms with Crippen LogP contribution in [0, 0.1) is 6.92 Å². The van der Waals surface area contributed by atoms with E-state index < -0.39 is 36.0 Å². The predicted octanol–water partition coefficient (Wildman–Crippen LogP) is -2.19. The highest BCUT2D eigenvalue weighted by Crippen LogP contribution is 2.33. The lowest BCUT2D eigenvalue weighted by Gasteiger charge is -2.19. The van der Waals surface area contributed by atoms with Crippen molar-refractivity contribution in [1.82, 2.24) is 9.55 Å². The molecule has 2 heterocycles. The van der Waals surface area contributed by atoms with E-state index in [0.717, 1.165) is 4.57 Å². The maximum atomic E-state index is 11.6. The van der Waals surface area contributed by atoms with Crippen molar-refractivity contribution in [2.24, 2.45) is 0 Å². The van der Waals surface area contributed by atoms with Crippen LogP contribution < -0.4 is 11.2 Å². The van der Waals surface area contributed by atoms with Gasteiger partial charge in [0.2, 0.25) is 0 Å². The summed E-state index contributed by atoms with van der Waals surface area (Å²) >= 11 is 0. The fraction of sp³-hybridized carbons (Fsp3) is 0.600. The second kappa shape index (κ2) is 4.32. The van der Waals surface area contributed by atoms with Gasteiger partial charge < -0.3 is 20.1 Å². The number of aliphatic hydroxyl groups excluding tert-OH is 1. The average molecular weight is 258 g/mol. The van der Waals surface area contributed by atoms with Crippen LogP contribution in [0.4, 0.5) is 0 Å². The highest BCUT2D eigenvalue weighted by molar-refractivity contribution is 5.02. The molecule has 0 aromatic carbocycles. The molecule has 1 aliphatic rings. The molecule has 0 radical (unpaired) electrons. The quantitative estimate of drug-likeness (QED) is 0.446. The molecule has 2 rings (SSSR count). The van der Waals surface area contributed by atoms with E-state index in [1.54, 1.807) is 0 Å². The molecule has 2 atom stereocenters. The fourth-order valence-corrected chi connectivity index (χ4v) is 1.89. The molecule has 8 nitrogen and oxygen atoms in total. The zero-order valence-electron chi connectivity index (χ0n) is 9.66. The average Bonchev–Trinajstić information content (AvgIpc) is 2.58. The van der Waals surface area contributed by atoms with E-state index >= 15 is 0 Å². The number of aromatic nitrogens is 2. The van der Waals surface area contributed by atoms with Crippen LogP contribution in [-0.4, -0.2) is 43.4 Å². The first-order chi connectivity index (χ1) is 8.35. The first kappa shape index (κ1) is 13.0. The molecule has 1 aliphatic heterocycles. The number of nitrogens with zero attached hydrogens (tertiary/aromatic N) is 1. The van der Waals surface area contributed by atoms with Crippen molar-refractivity contribution in [1.29, 1.82) is 0 Å². The Kier molecular flexibility index (Phi) is 3.11. The summed E-state index contributed by atoms with van der Waals surface area (Å²) in [5, 5.41) is 28.1. The molecular formula is C10H14N2O6. The van der Waals surface area contributed by atoms with Gasteiger partial charge in [0.25, 0.3) is 5.56 Å². The van der Waals surface area contributed by atoms with Crippen molar-refractivity contribution in [2.45, 2.75) is 31.5 Å². The van der Waals surface area contributed by atoms with Gasteiger partial charge in [-0.25, -0.2) is 4.79 Å². The van der Waals surface area contributed by atoms with Crippen LogP contribution in [0.25, 0.3) is 0 Å². The molecule has 1 aromatic heterocycles. The molecule has 100 valence electrons. The standard InChI is InChI=1S/C10H14N2O6/c1-5-3-12(9(15)11-8(5)14)7-2-10(16,17)6(4-13)18-7/h3,6-7,13,16-17H,2,4H2,1H3,(H,11,14,15)/t6-,7-/m1/s1. The van der Waals surface area contributed by atoms with Crippen LogP contribution in [0.5, 0.6) is 0 Å². The SMILES string of the molecule is Cc1cn([C@H]2CC(O)(O)[C@@H](CO)O2)c(=O)[nH]c1=O. The minimum absolute atomic E-state index is 0.274. The van der Waals surface area contributed by atoms with Gasteiger partial charge in [0.05, 0.1) is 6.61 Å². The Bertz CT molecular complexity index is 560. The summed E-state index contributed by atoms with van der Waals surface area (Å²) in [4.78, 5) is 24.9. The van der Waals surface area contributed by atoms with Gasteiger partial charge in [0, 0.05) is 18.2 Å². The molecule has 0 saturated carbocycles. The Morgan fingerprint density at radius 2 is 2.22 bits per heavy atom. The smallest absolute Gasteiger partial charge is 0.330 e. The Hall–Kier alpha value is -1.48. The summed E-state index contributed by atoms with van der Waals surface area (Å²) in [6.45, 7) is 0.930. The second-order valence-electron chi connectivity index (χ2n) is 4.32. The van der Waals surface area contributed by atoms with Crippen molar-refractivity contribution in [3.63, 3.8) is 0 Å². The van der Waals surface area contributed by atoms with Gasteiger partial charge in [-0.2, -0.15) is 0 Å². The van der Waals surface area contributed by atoms with E-state index in [1.165, 1.54) is 13.1 Å². The summed E-state index contributed by atoms with van der Waals surface area (Å²) in [6.07, 6.45) is -1.13. The van der Waals surface area contributed by atoms with Gasteiger partial charge in [0.15, 0.2) is 5.79 Å². The van der Waals surface area contributed by atoms with E-state index in [1.807, 2.05) is 0 Å². The first-order valence-electron chi connectivity index (χ1n) is 5.38. The minimum Gasteiger partial charge on any atom is -0.393 e. The van der Waals surface area contributed by atoms with Crippen LogP contribution in [0.1, 0.15) is 18.2 Å². The fourth-order valence-electron chi connectivity index (χ4n) is 1.89. The lowest BCUT2D eigenvalue weighted by atomic mass is 10.1. The third-order valence-corrected chi connectivity index (χ3v) is 2.93. The van der Waals surface area contributed by atoms with E-state index in [2.05, 4.69) is 4.98 Å². The normalized spacial score (nSPS) is 26.4. The molecule has 18 heavy (non-hydrogen) atoms. The van der Waals surface area contributed by atoms with Gasteiger partial charge in [-0.15, -0.1) is 0 Å². The molecule has 4 N–H and O–H groups in total. The van der Waals surface area contributed by atoms with Gasteiger partial charge in [-0.05, 0) is 6.92 Å². The highest BCUT2D eigenvalue weighted by atomic mass is 16.6. The Morgan fingerprint density at radius 3 is 2.78 bits per heavy atom. The number of hydrogen-bond acceptors (Lipinski definition) is 6. The van der Waals surface area contributed by atoms with Crippen LogP contribution in [0.2, 0.25) is 0 Å². The molecule has 0 aliphatic carbocycles. The number of aryl methyl sites for hydroxylation is 1. The molecular weight excluding hydrogens is 244 g/mol. The molecule has 0 amide bonds. The monoisotopic (exact) mass is 258 g/mol. The zero-order valence-corrected chi connectivity index (χ0v) is 9.66. The lowest BCUT2D eigenvalue weighted by molar-refractivity contribution is -0.202. The largest absolute Gasteiger partial charge is 0.393 e. The molecule has 1 saturated heterocycles. The van der Waals surface area contributed by atoms with E-state index in [-0.39, 0.29) is 6.42 Å². The van der Waals surface area contributed by atoms with Crippen molar-refractivity contribution >= 4 is 0 Å². The number of ether oxygens (including phenoxy) is 1. The van der Waals surface area contributed by atoms with Gasteiger partial charge >= 0.3 is 5.69 Å². The molecule has 1 fully saturated rings. The molecule has 0 bridgehead atoms. The maximum Gasteiger partial charge on any atom is 0.330 e. The first-order valence-corrected chi connectivity index (χ1v) is 5.38. The summed E-state index contributed by atoms with van der Waals surface area (Å²) in [5.41, 5.74) is -0.913. The van der Waals surface area contributed by atoms with Crippen LogP contribution in [0.3, 0.4) is 0 Å². The molecule has 0 spiro atoms. The van der Waals surface area contributed by atoms with E-state index in [0.29, 0.717) is 5.56 Å². The van der Waals surface area contributed by atoms with Crippen molar-refractivity contribution in [3.8, 4) is 0 Å². The van der Waals surface area contributed by atoms with Crippen molar-refractivity contribution < 1.29 is 20.1 Å². The highest BCUT2D eigenvalue weighted by Gasteiger charge is 2.46. The zero-order chi connectivity index (χ0) is 13.5. The molecule has 0 unspecified atom stereocenters. The van der Waals surface area contributed by atoms with Crippen molar-refractivity contribution in [2.75, 3.05) is 6.61 Å². The van der Waals surface area contributed by atoms with Gasteiger partial charge in [-0.1, -0.05) is 0 Å². The second-order valence-corrected chi connectivity index (χ2v) is 4.32. The lowest BCUT2D eigenvalue weighted by Crippen LogP contribution is -2.40. The summed E-state index contributed by atoms with van der Waals surface area (Å²) in [6, 6.07) is 0. The third-order valence-electron chi connectivity index (χ3n) is 2.93. The number of aliphatic hydroxyl groups is 3. The predicted molar refractivity (Wildman–Crippen MR) is 58.8 cm³/mol. The van der Waals surface area contributed by atoms with Crippen molar-refractivity contribution in [3.05, 3.63) is 32.6 Å². The van der Waals surface area contributed by atoms with Crippen LogP contribution in [0.15, 0.2) is 15.8 Å². The Balaban J connectivity index is 2.38. The van der Waals surface area contributed by atoms with Crippen LogP contribution in [-0.2, 0) is 4.74 Å².